The SMILES string of the molecule is CC[C@@H]1CC[C@H]2CSCN2C1. The third-order valence-corrected chi connectivity index (χ3v) is 4.20. The zero-order chi connectivity index (χ0) is 7.68. The average molecular weight is 171 g/mol. The molecule has 2 saturated heterocycles. The Bertz CT molecular complexity index is 138. The molecule has 2 heteroatoms. The highest BCUT2D eigenvalue weighted by molar-refractivity contribution is 7.99. The van der Waals surface area contributed by atoms with E-state index < -0.39 is 0 Å². The van der Waals surface area contributed by atoms with Crippen molar-refractivity contribution in [1.82, 2.24) is 4.90 Å². The minimum atomic E-state index is 0.947. The predicted molar refractivity (Wildman–Crippen MR) is 50.8 cm³/mol. The van der Waals surface area contributed by atoms with Crippen LogP contribution in [0, 0.1) is 5.92 Å². The van der Waals surface area contributed by atoms with Gasteiger partial charge in [0.2, 0.25) is 0 Å². The molecule has 2 heterocycles. The first kappa shape index (κ1) is 7.93. The molecule has 0 aromatic rings. The van der Waals surface area contributed by atoms with Gasteiger partial charge in [0.25, 0.3) is 0 Å². The molecule has 0 bridgehead atoms. The van der Waals surface area contributed by atoms with Crippen molar-refractivity contribution < 1.29 is 0 Å². The Kier molecular flexibility index (Phi) is 2.42. The Hall–Kier alpha value is 0.310. The maximum atomic E-state index is 2.68. The fraction of sp³-hybridized carbons (Fsp3) is 1.00. The molecule has 2 rings (SSSR count). The monoisotopic (exact) mass is 171 g/mol. The first-order chi connectivity index (χ1) is 5.40. The highest BCUT2D eigenvalue weighted by Gasteiger charge is 2.30. The predicted octanol–water partition coefficient (Wildman–Crippen LogP) is 2.18. The van der Waals surface area contributed by atoms with Crippen LogP contribution in [0.3, 0.4) is 0 Å². The maximum absolute atomic E-state index is 2.68. The zero-order valence-corrected chi connectivity index (χ0v) is 8.07. The fourth-order valence-corrected chi connectivity index (χ4v) is 3.47. The molecule has 0 aromatic carbocycles. The van der Waals surface area contributed by atoms with Gasteiger partial charge in [-0.2, -0.15) is 0 Å². The molecule has 1 nitrogen and oxygen atoms in total. The van der Waals surface area contributed by atoms with Crippen molar-refractivity contribution in [2.45, 2.75) is 32.2 Å². The highest BCUT2D eigenvalue weighted by Crippen LogP contribution is 2.31. The summed E-state index contributed by atoms with van der Waals surface area (Å²) in [7, 11) is 0. The number of thioether (sulfide) groups is 1. The summed E-state index contributed by atoms with van der Waals surface area (Å²) in [5, 5.41) is 0. The van der Waals surface area contributed by atoms with Gasteiger partial charge in [-0.15, -0.1) is 11.8 Å². The Labute approximate surface area is 73.5 Å². The number of rotatable bonds is 1. The van der Waals surface area contributed by atoms with Crippen molar-refractivity contribution in [3.63, 3.8) is 0 Å². The Morgan fingerprint density at radius 2 is 2.36 bits per heavy atom. The van der Waals surface area contributed by atoms with Gasteiger partial charge >= 0.3 is 0 Å². The van der Waals surface area contributed by atoms with Gasteiger partial charge in [0.15, 0.2) is 0 Å². The third kappa shape index (κ3) is 1.57. The first-order valence-electron chi connectivity index (χ1n) is 4.72. The van der Waals surface area contributed by atoms with Crippen LogP contribution in [0.5, 0.6) is 0 Å². The molecule has 0 saturated carbocycles. The van der Waals surface area contributed by atoms with Crippen molar-refractivity contribution in [2.75, 3.05) is 18.2 Å². The lowest BCUT2D eigenvalue weighted by molar-refractivity contribution is 0.152. The van der Waals surface area contributed by atoms with Crippen LogP contribution in [0.25, 0.3) is 0 Å². The molecule has 0 amide bonds. The minimum Gasteiger partial charge on any atom is -0.290 e. The van der Waals surface area contributed by atoms with Crippen LogP contribution in [0.15, 0.2) is 0 Å². The lowest BCUT2D eigenvalue weighted by atomic mass is 9.92. The number of nitrogens with zero attached hydrogens (tertiary/aromatic N) is 1. The second-order valence-corrected chi connectivity index (χ2v) is 4.78. The van der Waals surface area contributed by atoms with Crippen LogP contribution < -0.4 is 0 Å². The van der Waals surface area contributed by atoms with Crippen LogP contribution in [0.1, 0.15) is 26.2 Å². The molecular formula is C9H17NS. The van der Waals surface area contributed by atoms with E-state index >= 15 is 0 Å². The summed E-state index contributed by atoms with van der Waals surface area (Å²) in [6.45, 7) is 3.71. The molecule has 2 aliphatic heterocycles. The summed E-state index contributed by atoms with van der Waals surface area (Å²) in [4.78, 5) is 2.68. The van der Waals surface area contributed by atoms with Gasteiger partial charge in [-0.25, -0.2) is 0 Å². The van der Waals surface area contributed by atoms with E-state index in [0.717, 1.165) is 12.0 Å². The molecule has 11 heavy (non-hydrogen) atoms. The van der Waals surface area contributed by atoms with E-state index in [2.05, 4.69) is 23.6 Å². The molecule has 0 N–H and O–H groups in total. The van der Waals surface area contributed by atoms with Gasteiger partial charge in [0.05, 0.1) is 0 Å². The van der Waals surface area contributed by atoms with E-state index in [1.165, 1.54) is 37.4 Å². The van der Waals surface area contributed by atoms with Crippen molar-refractivity contribution in [1.29, 1.82) is 0 Å². The van der Waals surface area contributed by atoms with Gasteiger partial charge in [0, 0.05) is 24.2 Å². The topological polar surface area (TPSA) is 3.24 Å². The van der Waals surface area contributed by atoms with E-state index in [1.54, 1.807) is 0 Å². The summed E-state index contributed by atoms with van der Waals surface area (Å²) in [6, 6.07) is 0.947. The molecule has 0 unspecified atom stereocenters. The van der Waals surface area contributed by atoms with E-state index in [-0.39, 0.29) is 0 Å². The van der Waals surface area contributed by atoms with Gasteiger partial charge in [-0.3, -0.25) is 4.90 Å². The molecular weight excluding hydrogens is 154 g/mol. The third-order valence-electron chi connectivity index (χ3n) is 3.06. The van der Waals surface area contributed by atoms with E-state index in [4.69, 9.17) is 0 Å². The van der Waals surface area contributed by atoms with E-state index in [9.17, 15) is 0 Å². The molecule has 0 aromatic heterocycles. The van der Waals surface area contributed by atoms with Crippen LogP contribution in [0.4, 0.5) is 0 Å². The zero-order valence-electron chi connectivity index (χ0n) is 7.25. The lowest BCUT2D eigenvalue weighted by Crippen LogP contribution is -2.39. The summed E-state index contributed by atoms with van der Waals surface area (Å²) in [5.74, 6) is 3.71. The molecule has 0 aliphatic carbocycles. The normalized spacial score (nSPS) is 39.0. The average Bonchev–Trinajstić information content (AvgIpc) is 2.50. The summed E-state index contributed by atoms with van der Waals surface area (Å²) in [5.41, 5.74) is 0. The summed E-state index contributed by atoms with van der Waals surface area (Å²) in [6.07, 6.45) is 4.33. The van der Waals surface area contributed by atoms with E-state index in [0.29, 0.717) is 0 Å². The quantitative estimate of drug-likeness (QED) is 0.595. The van der Waals surface area contributed by atoms with Gasteiger partial charge < -0.3 is 0 Å². The molecule has 2 aliphatic rings. The van der Waals surface area contributed by atoms with Crippen LogP contribution >= 0.6 is 11.8 Å². The Morgan fingerprint density at radius 1 is 1.45 bits per heavy atom. The number of hydrogen-bond donors (Lipinski definition) is 0. The highest BCUT2D eigenvalue weighted by atomic mass is 32.2. The number of fused-ring (bicyclic) bond motifs is 1. The van der Waals surface area contributed by atoms with Crippen LogP contribution in [-0.2, 0) is 0 Å². The molecule has 2 atom stereocenters. The van der Waals surface area contributed by atoms with Gasteiger partial charge in [-0.1, -0.05) is 13.3 Å². The van der Waals surface area contributed by atoms with Crippen molar-refractivity contribution in [2.24, 2.45) is 5.92 Å². The smallest absolute Gasteiger partial charge is 0.0448 e. The van der Waals surface area contributed by atoms with Crippen molar-refractivity contribution in [3.8, 4) is 0 Å². The summed E-state index contributed by atoms with van der Waals surface area (Å²) < 4.78 is 0. The minimum absolute atomic E-state index is 0.947. The van der Waals surface area contributed by atoms with Crippen LogP contribution in [-0.4, -0.2) is 29.1 Å². The molecule has 2 fully saturated rings. The molecule has 0 radical (unpaired) electrons. The largest absolute Gasteiger partial charge is 0.290 e. The summed E-state index contributed by atoms with van der Waals surface area (Å²) >= 11 is 2.12. The first-order valence-corrected chi connectivity index (χ1v) is 5.87. The van der Waals surface area contributed by atoms with E-state index in [1.807, 2.05) is 0 Å². The van der Waals surface area contributed by atoms with Crippen LogP contribution in [0.2, 0.25) is 0 Å². The van der Waals surface area contributed by atoms with Crippen molar-refractivity contribution in [3.05, 3.63) is 0 Å². The Balaban J connectivity index is 1.91. The maximum Gasteiger partial charge on any atom is 0.0448 e. The lowest BCUT2D eigenvalue weighted by Gasteiger charge is -2.33. The number of hydrogen-bond acceptors (Lipinski definition) is 2. The van der Waals surface area contributed by atoms with Gasteiger partial charge in [-0.05, 0) is 18.8 Å². The standard InChI is InChI=1S/C9H17NS/c1-2-8-3-4-9-6-11-7-10(9)5-8/h8-9H,2-7H2,1H3/t8-,9+/m1/s1. The molecule has 0 spiro atoms. The Morgan fingerprint density at radius 3 is 3.18 bits per heavy atom. The second kappa shape index (κ2) is 3.36. The fourth-order valence-electron chi connectivity index (χ4n) is 2.17. The number of piperidine rings is 1. The van der Waals surface area contributed by atoms with Gasteiger partial charge in [0.1, 0.15) is 0 Å². The second-order valence-electron chi connectivity index (χ2n) is 3.78. The molecule has 64 valence electrons. The van der Waals surface area contributed by atoms with Crippen molar-refractivity contribution >= 4 is 11.8 Å².